The van der Waals surface area contributed by atoms with Gasteiger partial charge in [-0.2, -0.15) is 4.74 Å². The summed E-state index contributed by atoms with van der Waals surface area (Å²) in [7, 11) is 0. The molecular weight excluding hydrogens is 336 g/mol. The molecule has 1 saturated heterocycles. The van der Waals surface area contributed by atoms with E-state index in [-0.39, 0.29) is 10.9 Å². The number of halogens is 1. The Balaban J connectivity index is 2.28. The van der Waals surface area contributed by atoms with Crippen molar-refractivity contribution in [3.05, 3.63) is 40.1 Å². The number of benzene rings is 1. The van der Waals surface area contributed by atoms with Gasteiger partial charge in [-0.05, 0) is 44.5 Å². The van der Waals surface area contributed by atoms with Gasteiger partial charge in [0, 0.05) is 17.1 Å². The van der Waals surface area contributed by atoms with Gasteiger partial charge in [0.2, 0.25) is 0 Å². The first-order valence-corrected chi connectivity index (χ1v) is 9.01. The smallest absolute Gasteiger partial charge is 0.254 e. The predicted molar refractivity (Wildman–Crippen MR) is 99.9 cm³/mol. The maximum absolute atomic E-state index is 12.7. The molecule has 0 N–H and O–H groups in total. The fourth-order valence-corrected chi connectivity index (χ4v) is 4.62. The number of hydrogen-bond acceptors (Lipinski definition) is 3. The van der Waals surface area contributed by atoms with E-state index < -0.39 is 0 Å². The zero-order valence-corrected chi connectivity index (χ0v) is 15.5. The Kier molecular flexibility index (Phi) is 5.75. The predicted octanol–water partition coefficient (Wildman–Crippen LogP) is 4.51. The third kappa shape index (κ3) is 3.94. The van der Waals surface area contributed by atoms with Gasteiger partial charge in [0.05, 0.1) is 0 Å². The summed E-state index contributed by atoms with van der Waals surface area (Å²) >= 11 is 13.0. The molecule has 6 heteroatoms. The summed E-state index contributed by atoms with van der Waals surface area (Å²) < 4.78 is 1.61. The van der Waals surface area contributed by atoms with Crippen molar-refractivity contribution in [1.29, 1.82) is 0 Å². The second-order valence-electron chi connectivity index (χ2n) is 5.93. The average Bonchev–Trinajstić information content (AvgIpc) is 2.67. The fourth-order valence-electron chi connectivity index (χ4n) is 2.56. The molecule has 0 bridgehead atoms. The highest BCUT2D eigenvalue weighted by Gasteiger charge is 2.50. The molecule has 0 unspecified atom stereocenters. The Labute approximate surface area is 146 Å². The summed E-state index contributed by atoms with van der Waals surface area (Å²) in [6.07, 6.45) is 3.45. The molecule has 2 rings (SSSR count). The SMILES string of the molecule is CCCCN1C(=S)SC(C)(C)[C@@H]1/[N+]([O-])=C/c1ccc(Cl)cc1. The molecule has 1 aromatic carbocycles. The summed E-state index contributed by atoms with van der Waals surface area (Å²) in [6, 6.07) is 7.26. The number of unbranched alkanes of at least 4 members (excludes halogenated alkanes) is 1. The van der Waals surface area contributed by atoms with Crippen LogP contribution < -0.4 is 0 Å². The molecule has 0 spiro atoms. The second-order valence-corrected chi connectivity index (χ2v) is 8.66. The van der Waals surface area contributed by atoms with Gasteiger partial charge in [-0.25, -0.2) is 0 Å². The lowest BCUT2D eigenvalue weighted by Crippen LogP contribution is -2.48. The molecule has 3 nitrogen and oxygen atoms in total. The third-order valence-electron chi connectivity index (χ3n) is 3.64. The van der Waals surface area contributed by atoms with Crippen molar-refractivity contribution in [2.75, 3.05) is 6.54 Å². The lowest BCUT2D eigenvalue weighted by atomic mass is 10.1. The summed E-state index contributed by atoms with van der Waals surface area (Å²) in [5.74, 6) is 0. The quantitative estimate of drug-likeness (QED) is 0.255. The molecule has 1 atom stereocenters. The van der Waals surface area contributed by atoms with Crippen molar-refractivity contribution in [3.63, 3.8) is 0 Å². The van der Waals surface area contributed by atoms with Gasteiger partial charge in [-0.3, -0.25) is 4.90 Å². The topological polar surface area (TPSA) is 29.3 Å². The lowest BCUT2D eigenvalue weighted by Gasteiger charge is -2.29. The number of nitrogens with zero attached hydrogens (tertiary/aromatic N) is 2. The highest BCUT2D eigenvalue weighted by atomic mass is 35.5. The molecular formula is C16H21ClN2OS2. The Hall–Kier alpha value is -0.780. The van der Waals surface area contributed by atoms with E-state index in [2.05, 4.69) is 25.7 Å². The van der Waals surface area contributed by atoms with Crippen molar-refractivity contribution in [3.8, 4) is 0 Å². The Morgan fingerprint density at radius 2 is 2.05 bits per heavy atom. The molecule has 0 aromatic heterocycles. The van der Waals surface area contributed by atoms with Crippen LogP contribution in [0, 0.1) is 5.21 Å². The molecule has 1 aliphatic heterocycles. The Morgan fingerprint density at radius 3 is 2.64 bits per heavy atom. The lowest BCUT2D eigenvalue weighted by molar-refractivity contribution is -0.523. The first-order chi connectivity index (χ1) is 10.3. The molecule has 120 valence electrons. The Morgan fingerprint density at radius 1 is 1.41 bits per heavy atom. The number of hydrogen-bond donors (Lipinski definition) is 0. The second kappa shape index (κ2) is 7.20. The van der Waals surface area contributed by atoms with E-state index in [1.165, 1.54) is 0 Å². The Bertz CT molecular complexity index is 572. The molecule has 0 radical (unpaired) electrons. The summed E-state index contributed by atoms with van der Waals surface area (Å²) in [4.78, 5) is 2.06. The third-order valence-corrected chi connectivity index (χ3v) is 5.52. The summed E-state index contributed by atoms with van der Waals surface area (Å²) in [6.45, 7) is 7.10. The van der Waals surface area contributed by atoms with Crippen LogP contribution in [-0.4, -0.2) is 37.6 Å². The van der Waals surface area contributed by atoms with Crippen LogP contribution in [0.1, 0.15) is 39.2 Å². The maximum Gasteiger partial charge on any atom is 0.254 e. The van der Waals surface area contributed by atoms with Gasteiger partial charge in [0.15, 0.2) is 6.21 Å². The van der Waals surface area contributed by atoms with Gasteiger partial charge < -0.3 is 5.21 Å². The van der Waals surface area contributed by atoms with E-state index in [0.29, 0.717) is 5.02 Å². The van der Waals surface area contributed by atoms with Crippen LogP contribution >= 0.6 is 35.6 Å². The number of hydroxylamine groups is 1. The summed E-state index contributed by atoms with van der Waals surface area (Å²) in [5, 5.41) is 13.4. The van der Waals surface area contributed by atoms with Crippen LogP contribution in [0.3, 0.4) is 0 Å². The molecule has 1 aliphatic rings. The van der Waals surface area contributed by atoms with E-state index in [4.69, 9.17) is 23.8 Å². The molecule has 22 heavy (non-hydrogen) atoms. The minimum Gasteiger partial charge on any atom is -0.622 e. The van der Waals surface area contributed by atoms with E-state index in [0.717, 1.165) is 34.0 Å². The zero-order valence-electron chi connectivity index (χ0n) is 13.1. The van der Waals surface area contributed by atoms with Crippen molar-refractivity contribution in [2.24, 2.45) is 0 Å². The van der Waals surface area contributed by atoms with Gasteiger partial charge in [-0.1, -0.05) is 48.9 Å². The maximum atomic E-state index is 12.7. The summed E-state index contributed by atoms with van der Waals surface area (Å²) in [5.41, 5.74) is 0.841. The zero-order chi connectivity index (χ0) is 16.3. The highest BCUT2D eigenvalue weighted by molar-refractivity contribution is 8.24. The molecule has 0 saturated carbocycles. The van der Waals surface area contributed by atoms with Gasteiger partial charge in [-0.15, -0.1) is 0 Å². The van der Waals surface area contributed by atoms with Crippen LogP contribution in [-0.2, 0) is 0 Å². The van der Waals surface area contributed by atoms with Crippen molar-refractivity contribution < 1.29 is 4.74 Å². The van der Waals surface area contributed by atoms with Crippen LogP contribution in [0.4, 0.5) is 0 Å². The van der Waals surface area contributed by atoms with E-state index in [1.807, 2.05) is 12.1 Å². The monoisotopic (exact) mass is 356 g/mol. The average molecular weight is 357 g/mol. The van der Waals surface area contributed by atoms with Gasteiger partial charge in [0.1, 0.15) is 9.07 Å². The van der Waals surface area contributed by atoms with Crippen LogP contribution in [0.25, 0.3) is 0 Å². The molecule has 1 heterocycles. The number of thioether (sulfide) groups is 1. The molecule has 1 aromatic rings. The fraction of sp³-hybridized carbons (Fsp3) is 0.500. The van der Waals surface area contributed by atoms with E-state index >= 15 is 0 Å². The minimum atomic E-state index is -0.285. The first-order valence-electron chi connectivity index (χ1n) is 7.40. The van der Waals surface area contributed by atoms with Crippen LogP contribution in [0.15, 0.2) is 24.3 Å². The normalized spacial score (nSPS) is 21.5. The minimum absolute atomic E-state index is 0.241. The molecule has 0 aliphatic carbocycles. The van der Waals surface area contributed by atoms with E-state index in [9.17, 15) is 5.21 Å². The van der Waals surface area contributed by atoms with Gasteiger partial charge in [0.25, 0.3) is 6.17 Å². The van der Waals surface area contributed by atoms with E-state index in [1.54, 1.807) is 30.1 Å². The van der Waals surface area contributed by atoms with Crippen LogP contribution in [0.5, 0.6) is 0 Å². The largest absolute Gasteiger partial charge is 0.622 e. The van der Waals surface area contributed by atoms with Gasteiger partial charge >= 0.3 is 0 Å². The van der Waals surface area contributed by atoms with Crippen molar-refractivity contribution in [1.82, 2.24) is 4.90 Å². The van der Waals surface area contributed by atoms with Crippen molar-refractivity contribution >= 4 is 46.1 Å². The first kappa shape index (κ1) is 17.6. The van der Waals surface area contributed by atoms with Crippen LogP contribution in [0.2, 0.25) is 5.02 Å². The highest BCUT2D eigenvalue weighted by Crippen LogP contribution is 2.41. The molecule has 1 fully saturated rings. The number of thiocarbonyl (C=S) groups is 1. The van der Waals surface area contributed by atoms with Crippen molar-refractivity contribution in [2.45, 2.75) is 44.5 Å². The molecule has 0 amide bonds. The standard InChI is InChI=1S/C16H21ClN2OS2/c1-4-5-10-18-14(16(2,3)22-15(18)21)19(20)11-12-6-8-13(17)9-7-12/h6-9,11,14H,4-5,10H2,1-3H3/b19-11-/t14-/m0/s1. The number of rotatable bonds is 5.